The van der Waals surface area contributed by atoms with Crippen LogP contribution in [0.25, 0.3) is 0 Å². The van der Waals surface area contributed by atoms with Crippen LogP contribution in [0, 0.1) is 0 Å². The van der Waals surface area contributed by atoms with E-state index in [4.69, 9.17) is 4.74 Å². The molecule has 0 radical (unpaired) electrons. The molecule has 0 spiro atoms. The summed E-state index contributed by atoms with van der Waals surface area (Å²) in [6, 6.07) is 3.92. The summed E-state index contributed by atoms with van der Waals surface area (Å²) in [6.45, 7) is 2.94. The molecule has 0 fully saturated rings. The highest BCUT2D eigenvalue weighted by molar-refractivity contribution is 7.96. The number of rotatable bonds is 7. The molecule has 98 valence electrons. The number of hydrogen-bond donors (Lipinski definition) is 1. The van der Waals surface area contributed by atoms with Gasteiger partial charge in [-0.15, -0.1) is 0 Å². The molecule has 0 aromatic carbocycles. The molecule has 0 saturated carbocycles. The van der Waals surface area contributed by atoms with Gasteiger partial charge in [-0.3, -0.25) is 4.98 Å². The number of nitrogens with zero attached hydrogens (tertiary/aromatic N) is 2. The molecule has 0 amide bonds. The predicted octanol–water partition coefficient (Wildman–Crippen LogP) is 3.07. The molecule has 4 nitrogen and oxygen atoms in total. The second-order valence-electron chi connectivity index (χ2n) is 4.31. The zero-order chi connectivity index (χ0) is 12.7. The van der Waals surface area contributed by atoms with Crippen LogP contribution in [-0.2, 0) is 10.5 Å². The fraction of sp³-hybridized carbons (Fsp3) is 0.538. The van der Waals surface area contributed by atoms with E-state index in [9.17, 15) is 0 Å². The van der Waals surface area contributed by atoms with Gasteiger partial charge < -0.3 is 4.74 Å². The van der Waals surface area contributed by atoms with E-state index in [-0.39, 0.29) is 0 Å². The van der Waals surface area contributed by atoms with E-state index < -0.39 is 5.72 Å². The van der Waals surface area contributed by atoms with Crippen molar-refractivity contribution in [3.05, 3.63) is 30.1 Å². The molecule has 1 atom stereocenters. The summed E-state index contributed by atoms with van der Waals surface area (Å²) in [4.78, 5) is 4.14. The van der Waals surface area contributed by atoms with Crippen LogP contribution in [0.5, 0.6) is 0 Å². The number of nitrogens with one attached hydrogen (secondary N) is 1. The third-order valence-electron chi connectivity index (χ3n) is 2.90. The van der Waals surface area contributed by atoms with Gasteiger partial charge in [0, 0.05) is 24.6 Å². The lowest BCUT2D eigenvalue weighted by molar-refractivity contribution is 0.000811. The Kier molecular flexibility index (Phi) is 5.16. The summed E-state index contributed by atoms with van der Waals surface area (Å²) in [5, 5.41) is 0. The topological polar surface area (TPSA) is 46.5 Å². The van der Waals surface area contributed by atoms with Crippen molar-refractivity contribution in [1.82, 2.24) is 9.71 Å². The van der Waals surface area contributed by atoms with Crippen molar-refractivity contribution < 1.29 is 4.74 Å². The summed E-state index contributed by atoms with van der Waals surface area (Å²) < 4.78 is 13.4. The zero-order valence-corrected chi connectivity index (χ0v) is 11.4. The van der Waals surface area contributed by atoms with Gasteiger partial charge in [0.15, 0.2) is 5.72 Å². The van der Waals surface area contributed by atoms with E-state index in [1.165, 1.54) is 31.4 Å². The summed E-state index contributed by atoms with van der Waals surface area (Å²) in [5.41, 5.74) is 0.389. The molecule has 5 heteroatoms. The Morgan fingerprint density at radius 3 is 3.00 bits per heavy atom. The monoisotopic (exact) mass is 265 g/mol. The van der Waals surface area contributed by atoms with Gasteiger partial charge in [-0.1, -0.05) is 32.3 Å². The van der Waals surface area contributed by atoms with Crippen LogP contribution in [0.1, 0.15) is 38.2 Å². The van der Waals surface area contributed by atoms with Crippen LogP contribution in [0.2, 0.25) is 0 Å². The highest BCUT2D eigenvalue weighted by atomic mass is 32.2. The van der Waals surface area contributed by atoms with Gasteiger partial charge in [-0.25, -0.2) is 9.12 Å². The van der Waals surface area contributed by atoms with Crippen molar-refractivity contribution in [2.45, 2.75) is 38.3 Å². The minimum absolute atomic E-state index is 0.606. The minimum Gasteiger partial charge on any atom is -0.350 e. The summed E-state index contributed by atoms with van der Waals surface area (Å²) in [6.07, 6.45) is 10.2. The highest BCUT2D eigenvalue weighted by Crippen LogP contribution is 2.28. The summed E-state index contributed by atoms with van der Waals surface area (Å²) in [7, 11) is 0. The van der Waals surface area contributed by atoms with E-state index in [2.05, 4.69) is 21.0 Å². The Morgan fingerprint density at radius 2 is 2.33 bits per heavy atom. The van der Waals surface area contributed by atoms with Crippen LogP contribution in [0.4, 0.5) is 0 Å². The second-order valence-corrected chi connectivity index (χ2v) is 4.91. The summed E-state index contributed by atoms with van der Waals surface area (Å²) >= 11 is 1.31. The van der Waals surface area contributed by atoms with E-state index in [0.717, 1.165) is 18.6 Å². The highest BCUT2D eigenvalue weighted by Gasteiger charge is 2.35. The molecule has 1 aliphatic rings. The summed E-state index contributed by atoms with van der Waals surface area (Å²) in [5.74, 6) is 0. The Labute approximate surface area is 113 Å². The van der Waals surface area contributed by atoms with E-state index in [0.29, 0.717) is 0 Å². The zero-order valence-electron chi connectivity index (χ0n) is 10.6. The molecular formula is C13H19N3OS. The molecule has 1 aliphatic heterocycles. The van der Waals surface area contributed by atoms with Gasteiger partial charge in [0.1, 0.15) is 0 Å². The Balaban J connectivity index is 1.94. The SMILES string of the molecule is CCCCCCOC1(c2cccnc2)C=NSN1. The Hall–Kier alpha value is -0.910. The van der Waals surface area contributed by atoms with Gasteiger partial charge in [-0.2, -0.15) is 0 Å². The first kappa shape index (κ1) is 13.5. The average molecular weight is 265 g/mol. The molecule has 1 unspecified atom stereocenters. The molecule has 18 heavy (non-hydrogen) atoms. The molecule has 0 bridgehead atoms. The molecule has 1 aromatic rings. The minimum atomic E-state index is -0.606. The maximum atomic E-state index is 6.00. The van der Waals surface area contributed by atoms with Crippen molar-refractivity contribution in [1.29, 1.82) is 0 Å². The lowest BCUT2D eigenvalue weighted by Crippen LogP contribution is -2.40. The van der Waals surface area contributed by atoms with Gasteiger partial charge in [0.05, 0.1) is 18.3 Å². The van der Waals surface area contributed by atoms with Gasteiger partial charge in [-0.05, 0) is 12.5 Å². The number of ether oxygens (including phenoxy) is 1. The van der Waals surface area contributed by atoms with Crippen molar-refractivity contribution in [2.24, 2.45) is 4.40 Å². The third kappa shape index (κ3) is 3.31. The van der Waals surface area contributed by atoms with Gasteiger partial charge in [0.25, 0.3) is 0 Å². The van der Waals surface area contributed by atoms with Crippen LogP contribution < -0.4 is 4.72 Å². The van der Waals surface area contributed by atoms with Gasteiger partial charge in [0.2, 0.25) is 0 Å². The van der Waals surface area contributed by atoms with E-state index in [1.54, 1.807) is 6.20 Å². The van der Waals surface area contributed by atoms with Crippen LogP contribution in [0.15, 0.2) is 28.9 Å². The van der Waals surface area contributed by atoms with E-state index >= 15 is 0 Å². The van der Waals surface area contributed by atoms with Crippen LogP contribution in [-0.4, -0.2) is 17.8 Å². The maximum Gasteiger partial charge on any atom is 0.194 e. The molecular weight excluding hydrogens is 246 g/mol. The van der Waals surface area contributed by atoms with Crippen LogP contribution in [0.3, 0.4) is 0 Å². The van der Waals surface area contributed by atoms with Crippen LogP contribution >= 0.6 is 12.1 Å². The number of hydrogen-bond acceptors (Lipinski definition) is 5. The number of unbranched alkanes of at least 4 members (excludes halogenated alkanes) is 3. The number of aromatic nitrogens is 1. The van der Waals surface area contributed by atoms with Gasteiger partial charge >= 0.3 is 0 Å². The standard InChI is InChI=1S/C13H19N3OS/c1-2-3-4-5-9-17-13(11-15-18-16-13)12-7-6-8-14-10-12/h6-8,10-11,16H,2-5,9H2,1H3. The van der Waals surface area contributed by atoms with Crippen molar-refractivity contribution in [2.75, 3.05) is 6.61 Å². The Bertz CT molecular complexity index is 385. The quantitative estimate of drug-likeness (QED) is 0.608. The van der Waals surface area contributed by atoms with E-state index in [1.807, 2.05) is 24.5 Å². The number of pyridine rings is 1. The lowest BCUT2D eigenvalue weighted by atomic mass is 10.1. The van der Waals surface area contributed by atoms with Crippen molar-refractivity contribution >= 4 is 18.3 Å². The maximum absolute atomic E-state index is 6.00. The molecule has 2 rings (SSSR count). The predicted molar refractivity (Wildman–Crippen MR) is 75.2 cm³/mol. The largest absolute Gasteiger partial charge is 0.350 e. The average Bonchev–Trinajstić information content (AvgIpc) is 2.90. The normalized spacial score (nSPS) is 22.5. The fourth-order valence-electron chi connectivity index (χ4n) is 1.85. The lowest BCUT2D eigenvalue weighted by Gasteiger charge is -2.26. The first-order valence-corrected chi connectivity index (χ1v) is 7.17. The molecule has 0 aliphatic carbocycles. The second kappa shape index (κ2) is 6.87. The smallest absolute Gasteiger partial charge is 0.194 e. The first-order chi connectivity index (χ1) is 8.87. The van der Waals surface area contributed by atoms with Crippen molar-refractivity contribution in [3.8, 4) is 0 Å². The molecule has 1 N–H and O–H groups in total. The molecule has 0 saturated heterocycles. The molecule has 1 aromatic heterocycles. The fourth-order valence-corrected chi connectivity index (χ4v) is 2.47. The molecule has 2 heterocycles. The first-order valence-electron chi connectivity index (χ1n) is 6.39. The Morgan fingerprint density at radius 1 is 1.39 bits per heavy atom. The third-order valence-corrected chi connectivity index (χ3v) is 3.51. The van der Waals surface area contributed by atoms with Crippen molar-refractivity contribution in [3.63, 3.8) is 0 Å².